The number of hydrogen-bond donors (Lipinski definition) is 1. The predicted molar refractivity (Wildman–Crippen MR) is 120 cm³/mol. The van der Waals surface area contributed by atoms with Crippen molar-refractivity contribution in [1.29, 1.82) is 0 Å². The van der Waals surface area contributed by atoms with Crippen LogP contribution in [-0.2, 0) is 11.3 Å². The van der Waals surface area contributed by atoms with Gasteiger partial charge in [0.15, 0.2) is 11.0 Å². The Bertz CT molecular complexity index is 1180. The van der Waals surface area contributed by atoms with E-state index in [-0.39, 0.29) is 11.7 Å². The molecule has 4 rings (SSSR count). The number of halogens is 1. The maximum Gasteiger partial charge on any atom is 0.234 e. The Morgan fingerprint density at radius 2 is 1.94 bits per heavy atom. The van der Waals surface area contributed by atoms with Crippen LogP contribution in [-0.4, -0.2) is 33.0 Å². The molecule has 0 atom stereocenters. The van der Waals surface area contributed by atoms with E-state index in [4.69, 9.17) is 9.15 Å². The van der Waals surface area contributed by atoms with E-state index in [1.54, 1.807) is 59.4 Å². The van der Waals surface area contributed by atoms with Gasteiger partial charge in [0.1, 0.15) is 17.3 Å². The maximum atomic E-state index is 14.4. The van der Waals surface area contributed by atoms with Crippen LogP contribution in [0, 0.1) is 5.82 Å². The normalized spacial score (nSPS) is 10.8. The molecule has 2 heterocycles. The largest absolute Gasteiger partial charge is 0.494 e. The number of rotatable bonds is 9. The van der Waals surface area contributed by atoms with Gasteiger partial charge in [-0.1, -0.05) is 23.9 Å². The first kappa shape index (κ1) is 21.6. The maximum absolute atomic E-state index is 14.4. The highest BCUT2D eigenvalue weighted by Gasteiger charge is 2.19. The third kappa shape index (κ3) is 5.17. The van der Waals surface area contributed by atoms with Gasteiger partial charge in [-0.3, -0.25) is 9.36 Å². The van der Waals surface area contributed by atoms with E-state index >= 15 is 0 Å². The lowest BCUT2D eigenvalue weighted by atomic mass is 10.2. The Balaban J connectivity index is 1.49. The highest BCUT2D eigenvalue weighted by Crippen LogP contribution is 2.27. The van der Waals surface area contributed by atoms with Crippen LogP contribution < -0.4 is 10.1 Å². The monoisotopic (exact) mass is 452 g/mol. The summed E-state index contributed by atoms with van der Waals surface area (Å²) in [5, 5.41) is 11.7. The van der Waals surface area contributed by atoms with Crippen molar-refractivity contribution in [1.82, 2.24) is 14.8 Å². The first-order chi connectivity index (χ1) is 15.6. The first-order valence-electron chi connectivity index (χ1n) is 10.00. The lowest BCUT2D eigenvalue weighted by Gasteiger charge is -2.10. The van der Waals surface area contributed by atoms with Crippen LogP contribution in [0.5, 0.6) is 5.75 Å². The molecule has 0 aliphatic carbocycles. The molecule has 0 saturated carbocycles. The Kier molecular flexibility index (Phi) is 6.86. The van der Waals surface area contributed by atoms with Gasteiger partial charge in [0.25, 0.3) is 0 Å². The minimum absolute atomic E-state index is 0.112. The number of carbonyl (C=O) groups is 1. The van der Waals surface area contributed by atoms with Crippen LogP contribution in [0.3, 0.4) is 0 Å². The molecular weight excluding hydrogens is 431 g/mol. The molecule has 0 bridgehead atoms. The second-order valence-electron chi connectivity index (χ2n) is 6.75. The summed E-state index contributed by atoms with van der Waals surface area (Å²) in [5.41, 5.74) is 1.00. The van der Waals surface area contributed by atoms with Crippen LogP contribution in [0.4, 0.5) is 10.1 Å². The Morgan fingerprint density at radius 3 is 2.66 bits per heavy atom. The molecule has 2 aromatic carbocycles. The number of ether oxygens (including phenoxy) is 1. The second kappa shape index (κ2) is 10.1. The molecular formula is C23H21FN4O3S. The van der Waals surface area contributed by atoms with Crippen molar-refractivity contribution in [3.05, 3.63) is 78.5 Å². The molecule has 1 amide bonds. The number of hydrogen-bond acceptors (Lipinski definition) is 6. The number of aromatic nitrogens is 3. The summed E-state index contributed by atoms with van der Waals surface area (Å²) < 4.78 is 27.0. The first-order valence-corrected chi connectivity index (χ1v) is 11.0. The Labute approximate surface area is 188 Å². The zero-order valence-corrected chi connectivity index (χ0v) is 18.1. The van der Waals surface area contributed by atoms with Gasteiger partial charge in [-0.05, 0) is 55.5 Å². The van der Waals surface area contributed by atoms with Crippen molar-refractivity contribution in [3.8, 4) is 17.1 Å². The van der Waals surface area contributed by atoms with Crippen LogP contribution in [0.15, 0.2) is 76.5 Å². The van der Waals surface area contributed by atoms with Gasteiger partial charge in [0.05, 0.1) is 30.7 Å². The van der Waals surface area contributed by atoms with Crippen molar-refractivity contribution in [2.24, 2.45) is 0 Å². The van der Waals surface area contributed by atoms with Gasteiger partial charge >= 0.3 is 0 Å². The summed E-state index contributed by atoms with van der Waals surface area (Å²) in [6, 6.07) is 17.1. The zero-order valence-electron chi connectivity index (χ0n) is 17.3. The molecule has 9 heteroatoms. The van der Waals surface area contributed by atoms with Gasteiger partial charge in [0.2, 0.25) is 5.91 Å². The van der Waals surface area contributed by atoms with Gasteiger partial charge < -0.3 is 14.5 Å². The van der Waals surface area contributed by atoms with E-state index in [1.807, 2.05) is 13.0 Å². The zero-order chi connectivity index (χ0) is 22.3. The van der Waals surface area contributed by atoms with Crippen molar-refractivity contribution >= 4 is 23.4 Å². The third-order valence-corrected chi connectivity index (χ3v) is 5.47. The molecule has 32 heavy (non-hydrogen) atoms. The summed E-state index contributed by atoms with van der Waals surface area (Å²) in [6.45, 7) is 2.80. The molecule has 0 spiro atoms. The van der Waals surface area contributed by atoms with Crippen molar-refractivity contribution < 1.29 is 18.3 Å². The van der Waals surface area contributed by atoms with Crippen LogP contribution in [0.2, 0.25) is 0 Å². The molecule has 2 aromatic heterocycles. The number of thioether (sulfide) groups is 1. The average molecular weight is 453 g/mol. The molecule has 0 fully saturated rings. The lowest BCUT2D eigenvalue weighted by Crippen LogP contribution is -2.14. The van der Waals surface area contributed by atoms with Crippen LogP contribution >= 0.6 is 11.8 Å². The summed E-state index contributed by atoms with van der Waals surface area (Å²) >= 11 is 1.22. The van der Waals surface area contributed by atoms with Crippen LogP contribution in [0.1, 0.15) is 12.7 Å². The van der Waals surface area contributed by atoms with Gasteiger partial charge in [-0.25, -0.2) is 4.39 Å². The minimum atomic E-state index is -0.398. The van der Waals surface area contributed by atoms with Gasteiger partial charge in [0, 0.05) is 5.69 Å². The van der Waals surface area contributed by atoms with E-state index in [0.717, 1.165) is 5.75 Å². The van der Waals surface area contributed by atoms with Crippen molar-refractivity contribution in [2.45, 2.75) is 18.6 Å². The fourth-order valence-corrected chi connectivity index (χ4v) is 3.80. The Morgan fingerprint density at radius 1 is 1.12 bits per heavy atom. The highest BCUT2D eigenvalue weighted by atomic mass is 32.2. The lowest BCUT2D eigenvalue weighted by molar-refractivity contribution is -0.113. The highest BCUT2D eigenvalue weighted by molar-refractivity contribution is 7.99. The number of furan rings is 1. The molecule has 0 radical (unpaired) electrons. The third-order valence-electron chi connectivity index (χ3n) is 4.51. The molecule has 0 aliphatic heterocycles. The van der Waals surface area contributed by atoms with Crippen molar-refractivity contribution in [3.63, 3.8) is 0 Å². The molecule has 0 unspecified atom stereocenters. The predicted octanol–water partition coefficient (Wildman–Crippen LogP) is 4.86. The van der Waals surface area contributed by atoms with E-state index in [2.05, 4.69) is 15.5 Å². The summed E-state index contributed by atoms with van der Waals surface area (Å²) in [5.74, 6) is 1.30. The number of anilines is 1. The molecule has 1 N–H and O–H groups in total. The van der Waals surface area contributed by atoms with Crippen LogP contribution in [0.25, 0.3) is 11.4 Å². The van der Waals surface area contributed by atoms with E-state index < -0.39 is 5.82 Å². The summed E-state index contributed by atoms with van der Waals surface area (Å²) in [7, 11) is 0. The number of nitrogens with zero attached hydrogens (tertiary/aromatic N) is 3. The molecule has 0 saturated heterocycles. The average Bonchev–Trinajstić information content (AvgIpc) is 3.45. The van der Waals surface area contributed by atoms with E-state index in [0.29, 0.717) is 41.1 Å². The minimum Gasteiger partial charge on any atom is -0.494 e. The second-order valence-corrected chi connectivity index (χ2v) is 7.69. The molecule has 164 valence electrons. The van der Waals surface area contributed by atoms with Crippen molar-refractivity contribution in [2.75, 3.05) is 17.7 Å². The smallest absolute Gasteiger partial charge is 0.234 e. The van der Waals surface area contributed by atoms with Gasteiger partial charge in [-0.15, -0.1) is 10.2 Å². The van der Waals surface area contributed by atoms with Gasteiger partial charge in [-0.2, -0.15) is 0 Å². The fourth-order valence-electron chi connectivity index (χ4n) is 3.07. The molecule has 4 aromatic rings. The SMILES string of the molecule is CCOc1ccc(NC(=O)CSc2nnc(-c3ccccc3F)n2Cc2ccco2)cc1. The summed E-state index contributed by atoms with van der Waals surface area (Å²) in [6.07, 6.45) is 1.57. The number of amides is 1. The Hall–Kier alpha value is -3.59. The molecule has 0 aliphatic rings. The number of nitrogens with one attached hydrogen (secondary N) is 1. The number of benzene rings is 2. The van der Waals surface area contributed by atoms with E-state index in [9.17, 15) is 9.18 Å². The van der Waals surface area contributed by atoms with E-state index in [1.165, 1.54) is 17.8 Å². The fraction of sp³-hybridized carbons (Fsp3) is 0.174. The quantitative estimate of drug-likeness (QED) is 0.366. The topological polar surface area (TPSA) is 82.2 Å². The standard InChI is InChI=1S/C23H21FN4O3S/c1-2-30-17-11-9-16(10-12-17)25-21(29)15-32-23-27-26-22(19-7-3-4-8-20(19)24)28(23)14-18-6-5-13-31-18/h3-13H,2,14-15H2,1H3,(H,25,29). The summed E-state index contributed by atoms with van der Waals surface area (Å²) in [4.78, 5) is 12.5. The number of carbonyl (C=O) groups excluding carboxylic acids is 1. The molecule has 7 nitrogen and oxygen atoms in total.